The smallest absolute Gasteiger partial charge is 0.323 e. The highest BCUT2D eigenvalue weighted by Crippen LogP contribution is 2.37. The number of piperidine rings is 1. The third-order valence-corrected chi connectivity index (χ3v) is 5.92. The highest BCUT2D eigenvalue weighted by molar-refractivity contribution is 5.76. The molecule has 2 aliphatic heterocycles. The fourth-order valence-corrected chi connectivity index (χ4v) is 4.33. The predicted molar refractivity (Wildman–Crippen MR) is 115 cm³/mol. The van der Waals surface area contributed by atoms with Gasteiger partial charge in [0.05, 0.1) is 18.5 Å². The van der Waals surface area contributed by atoms with Crippen LogP contribution in [0.2, 0.25) is 0 Å². The minimum atomic E-state index is -0.219. The van der Waals surface area contributed by atoms with Gasteiger partial charge in [-0.25, -0.2) is 4.68 Å². The Hall–Kier alpha value is -3.32. The standard InChI is InChI=1S/C24H25N3O4/c1-29-24(28)20-9-5-6-12-26(20)14-18-15-27(19-7-3-2-4-8-19)25-23(18)17-10-11-21-22(13-17)31-16-30-21/h2-4,7-8,10-11,13,15,20H,5-6,9,12,14,16H2,1H3/t20-/m0/s1. The minimum absolute atomic E-state index is 0.167. The number of carbonyl (C=O) groups is 1. The van der Waals surface area contributed by atoms with Crippen molar-refractivity contribution in [2.75, 3.05) is 20.4 Å². The first-order valence-corrected chi connectivity index (χ1v) is 10.6. The van der Waals surface area contributed by atoms with E-state index in [1.54, 1.807) is 0 Å². The number of ether oxygens (including phenoxy) is 3. The number of carbonyl (C=O) groups excluding carboxylic acids is 1. The molecule has 1 atom stereocenters. The average molecular weight is 419 g/mol. The summed E-state index contributed by atoms with van der Waals surface area (Å²) < 4.78 is 18.0. The van der Waals surface area contributed by atoms with Gasteiger partial charge in [-0.15, -0.1) is 0 Å². The maximum Gasteiger partial charge on any atom is 0.323 e. The lowest BCUT2D eigenvalue weighted by Gasteiger charge is -2.33. The predicted octanol–water partition coefficient (Wildman–Crippen LogP) is 3.80. The Morgan fingerprint density at radius 3 is 2.81 bits per heavy atom. The van der Waals surface area contributed by atoms with E-state index in [4.69, 9.17) is 19.3 Å². The second-order valence-corrected chi connectivity index (χ2v) is 7.86. The maximum absolute atomic E-state index is 12.4. The first kappa shape index (κ1) is 19.6. The molecule has 1 fully saturated rings. The van der Waals surface area contributed by atoms with Crippen molar-refractivity contribution >= 4 is 5.97 Å². The van der Waals surface area contributed by atoms with Gasteiger partial charge in [-0.05, 0) is 49.7 Å². The molecule has 0 radical (unpaired) electrons. The van der Waals surface area contributed by atoms with Gasteiger partial charge in [0.2, 0.25) is 6.79 Å². The Labute approximate surface area is 181 Å². The van der Waals surface area contributed by atoms with E-state index >= 15 is 0 Å². The SMILES string of the molecule is COC(=O)[C@@H]1CCCCN1Cc1cn(-c2ccccc2)nc1-c1ccc2c(c1)OCO2. The lowest BCUT2D eigenvalue weighted by molar-refractivity contribution is -0.148. The molecular formula is C24H25N3O4. The number of aromatic nitrogens is 2. The third-order valence-electron chi connectivity index (χ3n) is 5.92. The summed E-state index contributed by atoms with van der Waals surface area (Å²) in [6.45, 7) is 1.71. The molecule has 160 valence electrons. The van der Waals surface area contributed by atoms with Crippen molar-refractivity contribution in [3.05, 3.63) is 60.3 Å². The van der Waals surface area contributed by atoms with Crippen molar-refractivity contribution in [2.45, 2.75) is 31.8 Å². The molecule has 0 unspecified atom stereocenters. The van der Waals surface area contributed by atoms with Crippen LogP contribution >= 0.6 is 0 Å². The molecule has 7 nitrogen and oxygen atoms in total. The van der Waals surface area contributed by atoms with E-state index in [2.05, 4.69) is 11.1 Å². The van der Waals surface area contributed by atoms with Crippen LogP contribution in [0.4, 0.5) is 0 Å². The molecule has 0 amide bonds. The summed E-state index contributed by atoms with van der Waals surface area (Å²) in [7, 11) is 1.46. The zero-order valence-corrected chi connectivity index (χ0v) is 17.5. The van der Waals surface area contributed by atoms with E-state index in [0.29, 0.717) is 6.54 Å². The molecular weight excluding hydrogens is 394 g/mol. The number of rotatable bonds is 5. The fraction of sp³-hybridized carbons (Fsp3) is 0.333. The van der Waals surface area contributed by atoms with Crippen LogP contribution in [-0.2, 0) is 16.1 Å². The second-order valence-electron chi connectivity index (χ2n) is 7.86. The van der Waals surface area contributed by atoms with Gasteiger partial charge >= 0.3 is 5.97 Å². The van der Waals surface area contributed by atoms with Crippen molar-refractivity contribution in [1.29, 1.82) is 0 Å². The van der Waals surface area contributed by atoms with Gasteiger partial charge in [0.1, 0.15) is 6.04 Å². The van der Waals surface area contributed by atoms with Crippen LogP contribution in [0.25, 0.3) is 16.9 Å². The van der Waals surface area contributed by atoms with Gasteiger partial charge in [-0.1, -0.05) is 24.6 Å². The Morgan fingerprint density at radius 1 is 1.13 bits per heavy atom. The monoisotopic (exact) mass is 419 g/mol. The largest absolute Gasteiger partial charge is 0.468 e. The summed E-state index contributed by atoms with van der Waals surface area (Å²) in [4.78, 5) is 14.6. The third kappa shape index (κ3) is 3.88. The normalized spacial score (nSPS) is 18.2. The summed E-state index contributed by atoms with van der Waals surface area (Å²) in [5, 5.41) is 4.91. The molecule has 0 aliphatic carbocycles. The molecule has 3 heterocycles. The molecule has 0 N–H and O–H groups in total. The molecule has 1 saturated heterocycles. The highest BCUT2D eigenvalue weighted by atomic mass is 16.7. The van der Waals surface area contributed by atoms with Gasteiger partial charge in [0.15, 0.2) is 11.5 Å². The highest BCUT2D eigenvalue weighted by Gasteiger charge is 2.30. The molecule has 0 spiro atoms. The zero-order chi connectivity index (χ0) is 21.2. The van der Waals surface area contributed by atoms with Gasteiger partial charge in [-0.2, -0.15) is 5.10 Å². The number of methoxy groups -OCH3 is 1. The first-order chi connectivity index (χ1) is 15.2. The number of hydrogen-bond donors (Lipinski definition) is 0. The number of fused-ring (bicyclic) bond motifs is 1. The van der Waals surface area contributed by atoms with Crippen LogP contribution in [-0.4, -0.2) is 47.1 Å². The van der Waals surface area contributed by atoms with Crippen LogP contribution in [0.5, 0.6) is 11.5 Å². The first-order valence-electron chi connectivity index (χ1n) is 10.6. The second kappa shape index (κ2) is 8.43. The molecule has 3 aromatic rings. The van der Waals surface area contributed by atoms with E-state index in [1.165, 1.54) is 7.11 Å². The Bertz CT molecular complexity index is 1080. The maximum atomic E-state index is 12.4. The van der Waals surface area contributed by atoms with Crippen molar-refractivity contribution in [3.8, 4) is 28.4 Å². The van der Waals surface area contributed by atoms with Gasteiger partial charge < -0.3 is 14.2 Å². The van der Waals surface area contributed by atoms with Crippen LogP contribution in [0.3, 0.4) is 0 Å². The number of nitrogens with zero attached hydrogens (tertiary/aromatic N) is 3. The summed E-state index contributed by atoms with van der Waals surface area (Å²) >= 11 is 0. The fourth-order valence-electron chi connectivity index (χ4n) is 4.33. The van der Waals surface area contributed by atoms with Crippen LogP contribution < -0.4 is 9.47 Å². The van der Waals surface area contributed by atoms with Gasteiger partial charge in [0.25, 0.3) is 0 Å². The number of likely N-dealkylation sites (tertiary alicyclic amines) is 1. The van der Waals surface area contributed by atoms with E-state index in [0.717, 1.165) is 59.8 Å². The molecule has 1 aromatic heterocycles. The zero-order valence-electron chi connectivity index (χ0n) is 17.5. The van der Waals surface area contributed by atoms with Crippen LogP contribution in [0, 0.1) is 0 Å². The lowest BCUT2D eigenvalue weighted by atomic mass is 10.0. The number of benzene rings is 2. The van der Waals surface area contributed by atoms with Gasteiger partial charge in [0, 0.05) is 23.9 Å². The minimum Gasteiger partial charge on any atom is -0.468 e. The number of esters is 1. The number of para-hydroxylation sites is 1. The van der Waals surface area contributed by atoms with Crippen molar-refractivity contribution in [1.82, 2.24) is 14.7 Å². The Morgan fingerprint density at radius 2 is 1.97 bits per heavy atom. The Balaban J connectivity index is 1.53. The topological polar surface area (TPSA) is 65.8 Å². The molecule has 31 heavy (non-hydrogen) atoms. The van der Waals surface area contributed by atoms with E-state index in [1.807, 2.05) is 53.2 Å². The molecule has 2 aliphatic rings. The van der Waals surface area contributed by atoms with Crippen molar-refractivity contribution < 1.29 is 19.0 Å². The average Bonchev–Trinajstić information content (AvgIpc) is 3.46. The molecule has 2 aromatic carbocycles. The van der Waals surface area contributed by atoms with Crippen molar-refractivity contribution in [2.24, 2.45) is 0 Å². The Kier molecular flexibility index (Phi) is 5.34. The summed E-state index contributed by atoms with van der Waals surface area (Å²) in [5.41, 5.74) is 3.87. The summed E-state index contributed by atoms with van der Waals surface area (Å²) in [6.07, 6.45) is 4.98. The number of hydrogen-bond acceptors (Lipinski definition) is 6. The quantitative estimate of drug-likeness (QED) is 0.586. The molecule has 7 heteroatoms. The molecule has 0 bridgehead atoms. The van der Waals surface area contributed by atoms with E-state index < -0.39 is 0 Å². The van der Waals surface area contributed by atoms with Crippen LogP contribution in [0.15, 0.2) is 54.7 Å². The van der Waals surface area contributed by atoms with Crippen molar-refractivity contribution in [3.63, 3.8) is 0 Å². The molecule has 5 rings (SSSR count). The summed E-state index contributed by atoms with van der Waals surface area (Å²) in [5.74, 6) is 1.30. The molecule has 0 saturated carbocycles. The van der Waals surface area contributed by atoms with Gasteiger partial charge in [-0.3, -0.25) is 9.69 Å². The summed E-state index contributed by atoms with van der Waals surface area (Å²) in [6, 6.07) is 15.7. The van der Waals surface area contributed by atoms with E-state index in [-0.39, 0.29) is 18.8 Å². The lowest BCUT2D eigenvalue weighted by Crippen LogP contribution is -2.44. The van der Waals surface area contributed by atoms with Crippen LogP contribution in [0.1, 0.15) is 24.8 Å². The van der Waals surface area contributed by atoms with E-state index in [9.17, 15) is 4.79 Å².